The number of para-hydroxylation sites is 1. The van der Waals surface area contributed by atoms with Gasteiger partial charge in [-0.25, -0.2) is 9.97 Å². The summed E-state index contributed by atoms with van der Waals surface area (Å²) in [6.45, 7) is 0.521. The summed E-state index contributed by atoms with van der Waals surface area (Å²) < 4.78 is 1.07. The van der Waals surface area contributed by atoms with Gasteiger partial charge in [-0.1, -0.05) is 23.7 Å². The molecule has 0 saturated heterocycles. The Balaban J connectivity index is 1.72. The summed E-state index contributed by atoms with van der Waals surface area (Å²) >= 11 is 8.10. The number of thiazole rings is 1. The Morgan fingerprint density at radius 1 is 1.14 bits per heavy atom. The average Bonchev–Trinajstić information content (AvgIpc) is 3.32. The van der Waals surface area contributed by atoms with Crippen molar-refractivity contribution in [1.82, 2.24) is 15.0 Å². The molecule has 0 aliphatic heterocycles. The lowest BCUT2D eigenvalue weighted by molar-refractivity contribution is 0.229. The van der Waals surface area contributed by atoms with Gasteiger partial charge in [0.15, 0.2) is 0 Å². The van der Waals surface area contributed by atoms with E-state index in [2.05, 4.69) is 20.6 Å². The number of fused-ring (bicyclic) bond motifs is 1. The highest BCUT2D eigenvalue weighted by atomic mass is 35.5. The predicted molar refractivity (Wildman–Crippen MR) is 113 cm³/mol. The number of hydrogen-bond acceptors (Lipinski definition) is 8. The van der Waals surface area contributed by atoms with Gasteiger partial charge in [-0.15, -0.1) is 11.3 Å². The third kappa shape index (κ3) is 4.05. The van der Waals surface area contributed by atoms with Crippen molar-refractivity contribution in [3.8, 4) is 10.6 Å². The minimum absolute atomic E-state index is 0.0236. The van der Waals surface area contributed by atoms with E-state index < -0.39 is 0 Å². The van der Waals surface area contributed by atoms with E-state index in [0.29, 0.717) is 34.9 Å². The lowest BCUT2D eigenvalue weighted by atomic mass is 10.1. The first-order valence-electron chi connectivity index (χ1n) is 9.33. The highest BCUT2D eigenvalue weighted by molar-refractivity contribution is 7.21. The molecule has 2 unspecified atom stereocenters. The van der Waals surface area contributed by atoms with Crippen LogP contribution in [0.5, 0.6) is 0 Å². The Morgan fingerprint density at radius 2 is 2.00 bits per heavy atom. The van der Waals surface area contributed by atoms with Crippen molar-refractivity contribution in [1.29, 1.82) is 0 Å². The number of aromatic nitrogens is 3. The highest BCUT2D eigenvalue weighted by Crippen LogP contribution is 2.39. The maximum Gasteiger partial charge on any atom is 0.226 e. The molecule has 28 heavy (non-hydrogen) atoms. The van der Waals surface area contributed by atoms with Crippen LogP contribution in [-0.4, -0.2) is 51.0 Å². The van der Waals surface area contributed by atoms with Crippen LogP contribution >= 0.6 is 22.9 Å². The topological polar surface area (TPSA) is 103 Å². The number of halogens is 1. The summed E-state index contributed by atoms with van der Waals surface area (Å²) in [7, 11) is 0. The molecule has 7 nitrogen and oxygen atoms in total. The Hall–Kier alpha value is -2.00. The second-order valence-electron chi connectivity index (χ2n) is 6.90. The van der Waals surface area contributed by atoms with Gasteiger partial charge in [0.25, 0.3) is 0 Å². The molecule has 1 aromatic carbocycles. The van der Waals surface area contributed by atoms with Crippen molar-refractivity contribution in [2.75, 3.05) is 30.4 Å². The monoisotopic (exact) mass is 419 g/mol. The van der Waals surface area contributed by atoms with E-state index >= 15 is 0 Å². The van der Waals surface area contributed by atoms with Crippen LogP contribution in [0.25, 0.3) is 20.8 Å². The third-order valence-corrected chi connectivity index (χ3v) is 6.24. The molecule has 0 spiro atoms. The van der Waals surface area contributed by atoms with Crippen LogP contribution < -0.4 is 10.6 Å². The second-order valence-corrected chi connectivity index (χ2v) is 8.29. The van der Waals surface area contributed by atoms with Gasteiger partial charge in [0.05, 0.1) is 22.4 Å². The molecule has 1 saturated carbocycles. The molecule has 9 heteroatoms. The summed E-state index contributed by atoms with van der Waals surface area (Å²) in [5.41, 5.74) is 1.60. The quantitative estimate of drug-likeness (QED) is 0.435. The van der Waals surface area contributed by atoms with E-state index in [-0.39, 0.29) is 19.3 Å². The fraction of sp³-hybridized carbons (Fsp3) is 0.421. The van der Waals surface area contributed by atoms with Gasteiger partial charge in [-0.05, 0) is 37.3 Å². The number of nitrogens with one attached hydrogen (secondary N) is 2. The lowest BCUT2D eigenvalue weighted by Gasteiger charge is -2.17. The van der Waals surface area contributed by atoms with Crippen molar-refractivity contribution in [3.63, 3.8) is 0 Å². The number of aliphatic hydroxyl groups is 2. The number of aliphatic hydroxyl groups excluding tert-OH is 2. The zero-order valence-corrected chi connectivity index (χ0v) is 16.8. The van der Waals surface area contributed by atoms with E-state index in [1.807, 2.05) is 24.3 Å². The summed E-state index contributed by atoms with van der Waals surface area (Å²) in [6.07, 6.45) is 2.83. The van der Waals surface area contributed by atoms with Gasteiger partial charge < -0.3 is 20.8 Å². The molecule has 0 radical (unpaired) electrons. The maximum absolute atomic E-state index is 9.43. The van der Waals surface area contributed by atoms with Gasteiger partial charge in [-0.3, -0.25) is 0 Å². The molecule has 2 aromatic heterocycles. The molecule has 1 aliphatic rings. The van der Waals surface area contributed by atoms with Crippen LogP contribution in [0.3, 0.4) is 0 Å². The predicted octanol–water partition coefficient (Wildman–Crippen LogP) is 3.38. The van der Waals surface area contributed by atoms with Crippen molar-refractivity contribution >= 4 is 44.9 Å². The molecule has 148 valence electrons. The van der Waals surface area contributed by atoms with Crippen LogP contribution in [0.4, 0.5) is 11.8 Å². The van der Waals surface area contributed by atoms with Gasteiger partial charge in [0.2, 0.25) is 5.95 Å². The summed E-state index contributed by atoms with van der Waals surface area (Å²) in [4.78, 5) is 13.7. The molecular weight excluding hydrogens is 398 g/mol. The van der Waals surface area contributed by atoms with E-state index in [0.717, 1.165) is 34.5 Å². The molecule has 2 atom stereocenters. The van der Waals surface area contributed by atoms with Crippen LogP contribution in [0.2, 0.25) is 5.15 Å². The van der Waals surface area contributed by atoms with Crippen LogP contribution in [0, 0.1) is 5.92 Å². The normalized spacial score (nSPS) is 19.2. The van der Waals surface area contributed by atoms with Crippen LogP contribution in [0.15, 0.2) is 24.3 Å². The Bertz CT molecular complexity index is 934. The third-order valence-electron chi connectivity index (χ3n) is 4.91. The van der Waals surface area contributed by atoms with Crippen molar-refractivity contribution < 1.29 is 10.2 Å². The summed E-state index contributed by atoms with van der Waals surface area (Å²) in [6, 6.07) is 8.15. The molecule has 1 aliphatic carbocycles. The second kappa shape index (κ2) is 8.57. The van der Waals surface area contributed by atoms with Crippen molar-refractivity contribution in [2.24, 2.45) is 5.92 Å². The standard InChI is InChI=1S/C19H22ClN5O2S/c20-16-15(18-23-13-3-1-2-4-14(13)28-18)17(25-19(24-16)21-7-8-26)22-12-6-5-11(9-12)10-27/h1-4,11-12,26-27H,5-10H2,(H2,21,22,24,25). The van der Waals surface area contributed by atoms with Gasteiger partial charge >= 0.3 is 0 Å². The van der Waals surface area contributed by atoms with Crippen LogP contribution in [0.1, 0.15) is 19.3 Å². The fourth-order valence-electron chi connectivity index (χ4n) is 3.52. The number of nitrogens with zero attached hydrogens (tertiary/aromatic N) is 3. The van der Waals surface area contributed by atoms with E-state index in [9.17, 15) is 5.11 Å². The van der Waals surface area contributed by atoms with E-state index in [1.54, 1.807) is 11.3 Å². The first-order chi connectivity index (χ1) is 13.7. The minimum Gasteiger partial charge on any atom is -0.396 e. The Labute approximate surface area is 171 Å². The smallest absolute Gasteiger partial charge is 0.226 e. The molecule has 4 N–H and O–H groups in total. The Kier molecular flexibility index (Phi) is 5.91. The summed E-state index contributed by atoms with van der Waals surface area (Å²) in [5.74, 6) is 1.30. The number of rotatable bonds is 7. The number of anilines is 2. The van der Waals surface area contributed by atoms with Gasteiger partial charge in [0.1, 0.15) is 16.0 Å². The van der Waals surface area contributed by atoms with Crippen molar-refractivity contribution in [3.05, 3.63) is 29.4 Å². The lowest BCUT2D eigenvalue weighted by Crippen LogP contribution is -2.19. The van der Waals surface area contributed by atoms with Gasteiger partial charge in [-0.2, -0.15) is 4.98 Å². The first-order valence-corrected chi connectivity index (χ1v) is 10.5. The number of benzene rings is 1. The average molecular weight is 420 g/mol. The largest absolute Gasteiger partial charge is 0.396 e. The van der Waals surface area contributed by atoms with Gasteiger partial charge in [0, 0.05) is 19.2 Å². The summed E-state index contributed by atoms with van der Waals surface area (Å²) in [5, 5.41) is 26.0. The molecule has 0 bridgehead atoms. The Morgan fingerprint density at radius 3 is 2.75 bits per heavy atom. The zero-order chi connectivity index (χ0) is 19.5. The fourth-order valence-corrected chi connectivity index (χ4v) is 4.85. The van der Waals surface area contributed by atoms with E-state index in [1.165, 1.54) is 0 Å². The number of hydrogen-bond donors (Lipinski definition) is 4. The molecule has 0 amide bonds. The van der Waals surface area contributed by atoms with E-state index in [4.69, 9.17) is 21.7 Å². The van der Waals surface area contributed by atoms with Crippen LogP contribution in [-0.2, 0) is 0 Å². The maximum atomic E-state index is 9.43. The minimum atomic E-state index is -0.0236. The highest BCUT2D eigenvalue weighted by Gasteiger charge is 2.27. The zero-order valence-electron chi connectivity index (χ0n) is 15.2. The SMILES string of the molecule is OCCNc1nc(Cl)c(-c2nc3ccccc3s2)c(NC2CCC(CO)C2)n1. The molecule has 4 rings (SSSR count). The first kappa shape index (κ1) is 19.3. The van der Waals surface area contributed by atoms with Crippen molar-refractivity contribution in [2.45, 2.75) is 25.3 Å². The molecule has 1 fully saturated rings. The molecule has 2 heterocycles. The molecular formula is C19H22ClN5O2S. The molecule has 3 aromatic rings.